The van der Waals surface area contributed by atoms with Gasteiger partial charge in [-0.2, -0.15) is 4.72 Å². The fourth-order valence-corrected chi connectivity index (χ4v) is 6.15. The predicted molar refractivity (Wildman–Crippen MR) is 127 cm³/mol. The van der Waals surface area contributed by atoms with Gasteiger partial charge in [0.2, 0.25) is 10.0 Å². The third-order valence-electron chi connectivity index (χ3n) is 5.38. The van der Waals surface area contributed by atoms with E-state index in [9.17, 15) is 8.42 Å². The minimum Gasteiger partial charge on any atom is -0.496 e. The first-order valence-electron chi connectivity index (χ1n) is 10.4. The molecular weight excluding hydrogens is 460 g/mol. The number of para-hydroxylation sites is 1. The number of nitrogens with one attached hydrogen (secondary N) is 1. The van der Waals surface area contributed by atoms with Crippen LogP contribution in [0.25, 0.3) is 10.1 Å². The van der Waals surface area contributed by atoms with Crippen molar-refractivity contribution in [3.05, 3.63) is 77.4 Å². The maximum absolute atomic E-state index is 13.5. The third kappa shape index (κ3) is 4.39. The molecule has 7 nitrogen and oxygen atoms in total. The van der Waals surface area contributed by atoms with Crippen LogP contribution >= 0.6 is 11.3 Å². The van der Waals surface area contributed by atoms with Gasteiger partial charge in [-0.25, -0.2) is 8.42 Å². The Morgan fingerprint density at radius 3 is 2.70 bits per heavy atom. The second-order valence-electron chi connectivity index (χ2n) is 7.52. The number of rotatable bonds is 6. The van der Waals surface area contributed by atoms with Gasteiger partial charge in [-0.3, -0.25) is 4.98 Å². The highest BCUT2D eigenvalue weighted by atomic mass is 32.2. The van der Waals surface area contributed by atoms with E-state index in [0.717, 1.165) is 26.9 Å². The molecule has 0 amide bonds. The van der Waals surface area contributed by atoms with Crippen LogP contribution in [0.4, 0.5) is 0 Å². The van der Waals surface area contributed by atoms with Gasteiger partial charge in [0, 0.05) is 35.3 Å². The van der Waals surface area contributed by atoms with Gasteiger partial charge in [0.05, 0.1) is 36.0 Å². The Hall–Kier alpha value is -3.14. The molecular formula is C24H22N2O5S2. The number of nitrogens with zero attached hydrogens (tertiary/aromatic N) is 1. The highest BCUT2D eigenvalue weighted by Crippen LogP contribution is 2.38. The second kappa shape index (κ2) is 9.01. The van der Waals surface area contributed by atoms with E-state index in [1.54, 1.807) is 25.6 Å². The molecule has 3 heterocycles. The van der Waals surface area contributed by atoms with Crippen molar-refractivity contribution in [3.63, 3.8) is 0 Å². The predicted octanol–water partition coefficient (Wildman–Crippen LogP) is 4.53. The minimum atomic E-state index is -3.91. The lowest BCUT2D eigenvalue weighted by Crippen LogP contribution is -2.29. The molecule has 0 radical (unpaired) electrons. The summed E-state index contributed by atoms with van der Waals surface area (Å²) in [5.41, 5.74) is 0.720. The van der Waals surface area contributed by atoms with E-state index in [0.29, 0.717) is 30.5 Å². The maximum atomic E-state index is 13.5. The van der Waals surface area contributed by atoms with Crippen LogP contribution in [-0.2, 0) is 10.0 Å². The van der Waals surface area contributed by atoms with Crippen LogP contribution in [0.15, 0.2) is 71.9 Å². The quantitative estimate of drug-likeness (QED) is 0.434. The van der Waals surface area contributed by atoms with Crippen molar-refractivity contribution in [2.45, 2.75) is 17.4 Å². The van der Waals surface area contributed by atoms with E-state index in [2.05, 4.69) is 9.71 Å². The smallest absolute Gasteiger partial charge is 0.241 e. The minimum absolute atomic E-state index is 0.106. The second-order valence-corrected chi connectivity index (χ2v) is 10.3. The van der Waals surface area contributed by atoms with Gasteiger partial charge in [0.25, 0.3) is 0 Å². The molecule has 2 aromatic carbocycles. The summed E-state index contributed by atoms with van der Waals surface area (Å²) in [6.07, 6.45) is 4.24. The highest BCUT2D eigenvalue weighted by molar-refractivity contribution is 7.89. The topological polar surface area (TPSA) is 86.8 Å². The van der Waals surface area contributed by atoms with Crippen LogP contribution in [0.5, 0.6) is 17.2 Å². The fourth-order valence-electron chi connectivity index (χ4n) is 3.76. The van der Waals surface area contributed by atoms with Crippen LogP contribution in [0.2, 0.25) is 0 Å². The number of methoxy groups -OCH3 is 1. The SMILES string of the molecule is COc1ccccc1[C@@H](NS(=O)(=O)c1ccc2c(c1)OCCCO2)c1cc2ccncc2s1. The number of hydrogen-bond acceptors (Lipinski definition) is 7. The summed E-state index contributed by atoms with van der Waals surface area (Å²) < 4.78 is 47.8. The zero-order chi connectivity index (χ0) is 22.8. The molecule has 1 N–H and O–H groups in total. The lowest BCUT2D eigenvalue weighted by molar-refractivity contribution is 0.297. The van der Waals surface area contributed by atoms with Gasteiger partial charge >= 0.3 is 0 Å². The molecule has 9 heteroatoms. The van der Waals surface area contributed by atoms with E-state index >= 15 is 0 Å². The lowest BCUT2D eigenvalue weighted by atomic mass is 10.0. The molecule has 0 unspecified atom stereocenters. The molecule has 1 aliphatic heterocycles. The third-order valence-corrected chi connectivity index (χ3v) is 7.95. The molecule has 0 bridgehead atoms. The number of aromatic nitrogens is 1. The molecule has 170 valence electrons. The molecule has 1 atom stereocenters. The monoisotopic (exact) mass is 482 g/mol. The van der Waals surface area contributed by atoms with Crippen LogP contribution in [-0.4, -0.2) is 33.7 Å². The molecule has 0 fully saturated rings. The van der Waals surface area contributed by atoms with E-state index in [1.165, 1.54) is 23.5 Å². The molecule has 5 rings (SSSR count). The fraction of sp³-hybridized carbons (Fsp3) is 0.208. The van der Waals surface area contributed by atoms with Crippen LogP contribution in [0.1, 0.15) is 22.9 Å². The van der Waals surface area contributed by atoms with Crippen LogP contribution < -0.4 is 18.9 Å². The first-order chi connectivity index (χ1) is 16.0. The number of hydrogen-bond donors (Lipinski definition) is 1. The van der Waals surface area contributed by atoms with Gasteiger partial charge in [0.15, 0.2) is 11.5 Å². The Bertz CT molecular complexity index is 1370. The molecule has 33 heavy (non-hydrogen) atoms. The summed E-state index contributed by atoms with van der Waals surface area (Å²) in [4.78, 5) is 5.12. The van der Waals surface area contributed by atoms with Gasteiger partial charge in [-0.15, -0.1) is 11.3 Å². The van der Waals surface area contributed by atoms with E-state index in [-0.39, 0.29) is 4.90 Å². The van der Waals surface area contributed by atoms with Crippen LogP contribution in [0, 0.1) is 0 Å². The Morgan fingerprint density at radius 2 is 1.88 bits per heavy atom. The van der Waals surface area contributed by atoms with Gasteiger partial charge in [-0.1, -0.05) is 18.2 Å². The first kappa shape index (κ1) is 21.7. The number of pyridine rings is 1. The van der Waals surface area contributed by atoms with Crippen molar-refractivity contribution in [3.8, 4) is 17.2 Å². The summed E-state index contributed by atoms with van der Waals surface area (Å²) in [5.74, 6) is 1.57. The lowest BCUT2D eigenvalue weighted by Gasteiger charge is -2.21. The summed E-state index contributed by atoms with van der Waals surface area (Å²) >= 11 is 1.49. The summed E-state index contributed by atoms with van der Waals surface area (Å²) in [7, 11) is -2.34. The molecule has 0 aliphatic carbocycles. The Labute approximate surface area is 196 Å². The average Bonchev–Trinajstić information content (AvgIpc) is 3.12. The zero-order valence-electron chi connectivity index (χ0n) is 17.9. The number of fused-ring (bicyclic) bond motifs is 2. The Balaban J connectivity index is 1.57. The van der Waals surface area contributed by atoms with Crippen molar-refractivity contribution in [2.75, 3.05) is 20.3 Å². The average molecular weight is 483 g/mol. The molecule has 1 aliphatic rings. The maximum Gasteiger partial charge on any atom is 0.241 e. The number of sulfonamides is 1. The molecule has 0 spiro atoms. The molecule has 4 aromatic rings. The van der Waals surface area contributed by atoms with Crippen LogP contribution in [0.3, 0.4) is 0 Å². The first-order valence-corrected chi connectivity index (χ1v) is 12.7. The number of ether oxygens (including phenoxy) is 3. The summed E-state index contributed by atoms with van der Waals surface area (Å²) in [6.45, 7) is 1.01. The van der Waals surface area contributed by atoms with Gasteiger partial charge < -0.3 is 14.2 Å². The molecule has 0 saturated heterocycles. The Morgan fingerprint density at radius 1 is 1.06 bits per heavy atom. The van der Waals surface area contributed by atoms with Gasteiger partial charge in [0.1, 0.15) is 5.75 Å². The highest BCUT2D eigenvalue weighted by Gasteiger charge is 2.28. The molecule has 2 aromatic heterocycles. The Kier molecular flexibility index (Phi) is 5.92. The van der Waals surface area contributed by atoms with E-state index in [1.807, 2.05) is 36.4 Å². The standard InChI is InChI=1S/C24H22N2O5S2/c1-29-19-6-3-2-5-18(19)24(22-13-16-9-10-25-15-23(16)32-22)26-33(27,28)17-7-8-20-21(14-17)31-12-4-11-30-20/h2-3,5-10,13-15,24,26H,4,11-12H2,1H3/t24-/m1/s1. The van der Waals surface area contributed by atoms with Crippen molar-refractivity contribution in [2.24, 2.45) is 0 Å². The van der Waals surface area contributed by atoms with Crippen molar-refractivity contribution in [1.82, 2.24) is 9.71 Å². The van der Waals surface area contributed by atoms with Crippen molar-refractivity contribution < 1.29 is 22.6 Å². The largest absolute Gasteiger partial charge is 0.496 e. The normalized spacial score (nSPS) is 14.6. The number of benzene rings is 2. The number of thiophene rings is 1. The van der Waals surface area contributed by atoms with E-state index < -0.39 is 16.1 Å². The van der Waals surface area contributed by atoms with Gasteiger partial charge in [-0.05, 0) is 35.7 Å². The van der Waals surface area contributed by atoms with E-state index in [4.69, 9.17) is 14.2 Å². The molecule has 0 saturated carbocycles. The van der Waals surface area contributed by atoms with Crippen molar-refractivity contribution >= 4 is 31.4 Å². The van der Waals surface area contributed by atoms with Crippen molar-refractivity contribution in [1.29, 1.82) is 0 Å². The summed E-state index contributed by atoms with van der Waals surface area (Å²) in [5, 5.41) is 1.000. The summed E-state index contributed by atoms with van der Waals surface area (Å²) in [6, 6.07) is 15.3. The zero-order valence-corrected chi connectivity index (χ0v) is 19.5.